The van der Waals surface area contributed by atoms with E-state index in [2.05, 4.69) is 32.9 Å². The number of rotatable bonds is 32. The molecule has 66 heavy (non-hydrogen) atoms. The molecule has 0 spiro atoms. The Kier molecular flexibility index (Phi) is 29.2. The number of unbranched alkanes of at least 4 members (excludes halogenated alkanes) is 15. The number of hydrogen-bond acceptors (Lipinski definition) is 16. The number of ketones is 1. The highest BCUT2D eigenvalue weighted by Gasteiger charge is 2.53. The molecule has 1 amide bonds. The van der Waals surface area contributed by atoms with Gasteiger partial charge in [0.25, 0.3) is 5.91 Å². The minimum absolute atomic E-state index is 0.140. The molecule has 3 heterocycles. The van der Waals surface area contributed by atoms with Crippen LogP contribution in [0.1, 0.15) is 143 Å². The summed E-state index contributed by atoms with van der Waals surface area (Å²) in [6.07, 6.45) is 4.20. The van der Waals surface area contributed by atoms with E-state index in [0.717, 1.165) is 101 Å². The summed E-state index contributed by atoms with van der Waals surface area (Å²) in [4.78, 5) is 50.4. The first-order valence-corrected chi connectivity index (χ1v) is 24.3. The van der Waals surface area contributed by atoms with Gasteiger partial charge in [-0.25, -0.2) is 4.79 Å². The Morgan fingerprint density at radius 3 is 1.70 bits per heavy atom. The maximum Gasteiger partial charge on any atom is 0.335 e. The standard InChI is InChI=1S/C41H67NO17.C6H15N/c1-42-25(23-28(45)46)30(47)29(38(42)53)26(44)21-19-17-15-13-11-9-7-5-3-2-4-6-8-10-12-14-16-18-20-22-56-40-35(52)33(50)36(37(59-40)39(54)55)58-41-34(51)32(49)31(48)27(24-43)57-41;1-4-7(5-2)6-3/h2-3,25,27,31-37,40-41,43,47-52H,4-24H2,1H3,(H,45,46)(H,54,55);4-6H2,1-3H3/b3-2-;/t25-,27-,31-,32+,33-,34-,35-,36-,37+,40-,41+;/m1./s1. The molecule has 382 valence electrons. The van der Waals surface area contributed by atoms with Crippen molar-refractivity contribution in [1.29, 1.82) is 0 Å². The second kappa shape index (κ2) is 32.6. The molecule has 9 N–H and O–H groups in total. The Labute approximate surface area is 390 Å². The number of allylic oxidation sites excluding steroid dienone is 2. The number of amides is 1. The SMILES string of the molecule is CC[NH+](CC)CC.CN1C(=O)C(C(=O)CCCCCCCCC/C=C\CCCCCCCCCCO[C@@H]2O[C@H](C(=O)O)[C@H](O[C@@H]3O[C@H](CO)[C@@H](O)[C@H](O)[C@H]3O)[C@H](O)[C@H]2O)=C(O)[C@H]1CC(=O)[O-]. The van der Waals surface area contributed by atoms with Gasteiger partial charge in [-0.15, -0.1) is 0 Å². The van der Waals surface area contributed by atoms with Crippen molar-refractivity contribution in [1.82, 2.24) is 4.90 Å². The summed E-state index contributed by atoms with van der Waals surface area (Å²) in [6, 6.07) is -1.05. The van der Waals surface area contributed by atoms with E-state index in [1.165, 1.54) is 26.7 Å². The number of quaternary nitrogens is 1. The van der Waals surface area contributed by atoms with E-state index in [1.54, 1.807) is 4.90 Å². The van der Waals surface area contributed by atoms with Gasteiger partial charge >= 0.3 is 5.97 Å². The predicted octanol–water partition coefficient (Wildman–Crippen LogP) is 0.590. The van der Waals surface area contributed by atoms with Gasteiger partial charge < -0.3 is 79.5 Å². The first kappa shape index (κ1) is 59.0. The van der Waals surface area contributed by atoms with Crippen molar-refractivity contribution in [3.63, 3.8) is 0 Å². The van der Waals surface area contributed by atoms with Crippen molar-refractivity contribution in [2.24, 2.45) is 0 Å². The zero-order chi connectivity index (χ0) is 49.2. The van der Waals surface area contributed by atoms with Crippen LogP contribution in [0.2, 0.25) is 0 Å². The average Bonchev–Trinajstić information content (AvgIpc) is 3.50. The fourth-order valence-corrected chi connectivity index (χ4v) is 8.26. The number of hydrogen-bond donors (Lipinski definition) is 9. The van der Waals surface area contributed by atoms with E-state index in [-0.39, 0.29) is 18.6 Å². The molecule has 19 nitrogen and oxygen atoms in total. The van der Waals surface area contributed by atoms with Gasteiger partial charge in [-0.1, -0.05) is 82.8 Å². The van der Waals surface area contributed by atoms with Gasteiger partial charge in [0.1, 0.15) is 54.1 Å². The van der Waals surface area contributed by atoms with Crippen LogP contribution in [0.4, 0.5) is 0 Å². The average molecular weight is 947 g/mol. The van der Waals surface area contributed by atoms with Crippen molar-refractivity contribution in [3.8, 4) is 0 Å². The molecule has 11 atom stereocenters. The van der Waals surface area contributed by atoms with Gasteiger partial charge in [0.05, 0.1) is 32.3 Å². The molecule has 0 aromatic carbocycles. The van der Waals surface area contributed by atoms with Gasteiger partial charge in [-0.3, -0.25) is 9.59 Å². The fraction of sp³-hybridized carbons (Fsp3) is 0.830. The predicted molar refractivity (Wildman–Crippen MR) is 239 cm³/mol. The second-order valence-electron chi connectivity index (χ2n) is 17.5. The summed E-state index contributed by atoms with van der Waals surface area (Å²) in [6.45, 7) is 9.91. The monoisotopic (exact) mass is 947 g/mol. The zero-order valence-corrected chi connectivity index (χ0v) is 39.7. The van der Waals surface area contributed by atoms with Crippen LogP contribution in [0.5, 0.6) is 0 Å². The molecule has 0 bridgehead atoms. The minimum atomic E-state index is -1.84. The van der Waals surface area contributed by atoms with Crippen molar-refractivity contribution >= 4 is 23.6 Å². The number of Topliss-reactive ketones (excluding diaryl/α,β-unsaturated/α-hetero) is 1. The van der Waals surface area contributed by atoms with Crippen molar-refractivity contribution in [2.45, 2.75) is 210 Å². The molecule has 0 aliphatic carbocycles. The molecule has 0 aromatic heterocycles. The summed E-state index contributed by atoms with van der Waals surface area (Å²) < 4.78 is 21.6. The lowest BCUT2D eigenvalue weighted by Crippen LogP contribution is -3.11. The minimum Gasteiger partial charge on any atom is -0.550 e. The molecule has 0 aromatic rings. The van der Waals surface area contributed by atoms with E-state index < -0.39 is 110 Å². The number of ether oxygens (including phenoxy) is 4. The van der Waals surface area contributed by atoms with Gasteiger partial charge in [0.15, 0.2) is 24.5 Å². The lowest BCUT2D eigenvalue weighted by Gasteiger charge is -2.45. The molecule has 0 saturated carbocycles. The van der Waals surface area contributed by atoms with Crippen LogP contribution in [0.3, 0.4) is 0 Å². The smallest absolute Gasteiger partial charge is 0.335 e. The third-order valence-corrected chi connectivity index (χ3v) is 12.6. The van der Waals surface area contributed by atoms with E-state index in [4.69, 9.17) is 18.9 Å². The van der Waals surface area contributed by atoms with Crippen LogP contribution in [-0.2, 0) is 38.1 Å². The Balaban J connectivity index is 0.00000197. The van der Waals surface area contributed by atoms with Crippen molar-refractivity contribution < 1.29 is 89.0 Å². The topological polar surface area (TPSA) is 298 Å². The molecule has 0 unspecified atom stereocenters. The zero-order valence-electron chi connectivity index (χ0n) is 39.7. The number of nitrogens with zero attached hydrogens (tertiary/aromatic N) is 1. The summed E-state index contributed by atoms with van der Waals surface area (Å²) in [5.74, 6) is -4.51. The van der Waals surface area contributed by atoms with Gasteiger partial charge in [0.2, 0.25) is 0 Å². The van der Waals surface area contributed by atoms with Crippen LogP contribution >= 0.6 is 0 Å². The summed E-state index contributed by atoms with van der Waals surface area (Å²) in [5, 5.41) is 91.7. The van der Waals surface area contributed by atoms with Crippen LogP contribution in [-0.4, -0.2) is 177 Å². The number of nitrogens with one attached hydrogen (secondary N) is 1. The number of carbonyl (C=O) groups is 4. The molecule has 3 aliphatic rings. The van der Waals surface area contributed by atoms with Gasteiger partial charge in [-0.2, -0.15) is 0 Å². The van der Waals surface area contributed by atoms with E-state index in [9.17, 15) is 65.1 Å². The summed E-state index contributed by atoms with van der Waals surface area (Å²) in [7, 11) is 1.36. The van der Waals surface area contributed by atoms with Crippen LogP contribution in [0, 0.1) is 0 Å². The normalized spacial score (nSPS) is 28.0. The first-order valence-electron chi connectivity index (χ1n) is 24.3. The van der Waals surface area contributed by atoms with Gasteiger partial charge in [-0.05, 0) is 59.3 Å². The second-order valence-corrected chi connectivity index (χ2v) is 17.5. The van der Waals surface area contributed by atoms with E-state index in [0.29, 0.717) is 12.8 Å². The van der Waals surface area contributed by atoms with E-state index in [1.807, 2.05) is 0 Å². The lowest BCUT2D eigenvalue weighted by molar-refractivity contribution is -0.894. The molecule has 2 saturated heterocycles. The maximum atomic E-state index is 12.5. The van der Waals surface area contributed by atoms with Crippen molar-refractivity contribution in [2.75, 3.05) is 39.9 Å². The van der Waals surface area contributed by atoms with E-state index >= 15 is 0 Å². The number of aliphatic carboxylic acids is 2. The number of aliphatic hydroxyl groups is 7. The first-order chi connectivity index (χ1) is 31.5. The molecule has 3 aliphatic heterocycles. The number of carboxylic acids is 2. The van der Waals surface area contributed by atoms with Crippen LogP contribution in [0.25, 0.3) is 0 Å². The highest BCUT2D eigenvalue weighted by Crippen LogP contribution is 2.31. The third kappa shape index (κ3) is 19.5. The Morgan fingerprint density at radius 2 is 1.21 bits per heavy atom. The quantitative estimate of drug-likeness (QED) is 0.0253. The Hall–Kier alpha value is -3.08. The maximum absolute atomic E-state index is 12.5. The molecule has 0 radical (unpaired) electrons. The molecule has 3 rings (SSSR count). The summed E-state index contributed by atoms with van der Waals surface area (Å²) in [5.41, 5.74) is -0.299. The number of likely N-dealkylation sites (N-methyl/N-ethyl adjacent to an activating group) is 1. The summed E-state index contributed by atoms with van der Waals surface area (Å²) >= 11 is 0. The Bertz CT molecular complexity index is 1470. The van der Waals surface area contributed by atoms with Gasteiger partial charge in [0, 0.05) is 32.5 Å². The largest absolute Gasteiger partial charge is 0.550 e. The molecular formula is C47H82N2O17. The van der Waals surface area contributed by atoms with Crippen LogP contribution < -0.4 is 10.0 Å². The number of carboxylic acid groups (broad SMARTS) is 2. The number of aliphatic hydroxyl groups excluding tert-OH is 7. The molecule has 19 heteroatoms. The lowest BCUT2D eigenvalue weighted by atomic mass is 9.97. The molecular weight excluding hydrogens is 865 g/mol. The third-order valence-electron chi connectivity index (χ3n) is 12.6. The fourth-order valence-electron chi connectivity index (χ4n) is 8.26. The van der Waals surface area contributed by atoms with Crippen molar-refractivity contribution in [3.05, 3.63) is 23.5 Å². The highest BCUT2D eigenvalue weighted by molar-refractivity contribution is 6.21. The number of carbonyl (C=O) groups excluding carboxylic acids is 3. The highest BCUT2D eigenvalue weighted by atomic mass is 16.7. The molecule has 2 fully saturated rings. The Morgan fingerprint density at radius 1 is 0.712 bits per heavy atom. The van der Waals surface area contributed by atoms with Crippen LogP contribution in [0.15, 0.2) is 23.5 Å².